The number of benzene rings is 1. The van der Waals surface area contributed by atoms with E-state index in [0.717, 1.165) is 12.8 Å². The van der Waals surface area contributed by atoms with E-state index in [1.165, 1.54) is 7.11 Å². The lowest BCUT2D eigenvalue weighted by Crippen LogP contribution is -2.47. The van der Waals surface area contributed by atoms with Gasteiger partial charge in [0.1, 0.15) is 11.8 Å². The van der Waals surface area contributed by atoms with E-state index >= 15 is 0 Å². The summed E-state index contributed by atoms with van der Waals surface area (Å²) in [6.07, 6.45) is 2.35. The number of aliphatic carboxylic acids is 1. The van der Waals surface area contributed by atoms with Crippen LogP contribution < -0.4 is 10.1 Å². The van der Waals surface area contributed by atoms with Gasteiger partial charge in [-0.3, -0.25) is 14.5 Å². The van der Waals surface area contributed by atoms with Gasteiger partial charge in [0, 0.05) is 5.02 Å². The number of likely N-dealkylation sites (tertiary alicyclic amines) is 1. The number of halogens is 2. The van der Waals surface area contributed by atoms with E-state index in [0.29, 0.717) is 29.4 Å². The first-order valence-corrected chi connectivity index (χ1v) is 7.49. The number of amides is 1. The highest BCUT2D eigenvalue weighted by Gasteiger charge is 2.29. The fraction of sp³-hybridized carbons (Fsp3) is 0.467. The van der Waals surface area contributed by atoms with Crippen LogP contribution in [-0.2, 0) is 9.59 Å². The third kappa shape index (κ3) is 5.27. The van der Waals surface area contributed by atoms with Gasteiger partial charge in [0.15, 0.2) is 0 Å². The van der Waals surface area contributed by atoms with Crippen molar-refractivity contribution in [3.63, 3.8) is 0 Å². The topological polar surface area (TPSA) is 78.9 Å². The molecule has 1 aromatic rings. The molecule has 8 heteroatoms. The minimum Gasteiger partial charge on any atom is -0.495 e. The van der Waals surface area contributed by atoms with Crippen LogP contribution >= 0.6 is 24.0 Å². The predicted octanol–water partition coefficient (Wildman–Crippen LogP) is 2.65. The van der Waals surface area contributed by atoms with Crippen molar-refractivity contribution in [1.29, 1.82) is 0 Å². The van der Waals surface area contributed by atoms with Crippen LogP contribution in [0.25, 0.3) is 0 Å². The number of hydrogen-bond donors (Lipinski definition) is 2. The number of methoxy groups -OCH3 is 1. The number of hydrogen-bond acceptors (Lipinski definition) is 4. The Morgan fingerprint density at radius 1 is 1.43 bits per heavy atom. The quantitative estimate of drug-likeness (QED) is 0.841. The predicted molar refractivity (Wildman–Crippen MR) is 90.7 cm³/mol. The van der Waals surface area contributed by atoms with Crippen molar-refractivity contribution in [1.82, 2.24) is 4.90 Å². The molecule has 128 valence electrons. The average Bonchev–Trinajstić information content (AvgIpc) is 2.47. The molecule has 1 unspecified atom stereocenters. The lowest BCUT2D eigenvalue weighted by Gasteiger charge is -2.32. The Morgan fingerprint density at radius 3 is 2.83 bits per heavy atom. The summed E-state index contributed by atoms with van der Waals surface area (Å²) in [6.45, 7) is 0.643. The van der Waals surface area contributed by atoms with E-state index in [1.54, 1.807) is 23.1 Å². The van der Waals surface area contributed by atoms with E-state index in [4.69, 9.17) is 16.3 Å². The molecule has 0 saturated carbocycles. The Bertz CT molecular complexity index is 568. The summed E-state index contributed by atoms with van der Waals surface area (Å²) in [5.41, 5.74) is 0.476. The van der Waals surface area contributed by atoms with Crippen LogP contribution in [0.2, 0.25) is 5.02 Å². The maximum Gasteiger partial charge on any atom is 0.320 e. The molecule has 0 aliphatic carbocycles. The Labute approximate surface area is 146 Å². The van der Waals surface area contributed by atoms with E-state index in [2.05, 4.69) is 5.32 Å². The van der Waals surface area contributed by atoms with Gasteiger partial charge in [0.25, 0.3) is 0 Å². The summed E-state index contributed by atoms with van der Waals surface area (Å²) in [5.74, 6) is -0.660. The maximum absolute atomic E-state index is 12.2. The number of ether oxygens (including phenoxy) is 1. The summed E-state index contributed by atoms with van der Waals surface area (Å²) in [5, 5.41) is 12.4. The maximum atomic E-state index is 12.2. The third-order valence-electron chi connectivity index (χ3n) is 3.68. The lowest BCUT2D eigenvalue weighted by atomic mass is 10.0. The summed E-state index contributed by atoms with van der Waals surface area (Å²) >= 11 is 5.92. The van der Waals surface area contributed by atoms with Gasteiger partial charge < -0.3 is 15.2 Å². The summed E-state index contributed by atoms with van der Waals surface area (Å²) in [4.78, 5) is 25.1. The second-order valence-corrected chi connectivity index (χ2v) is 5.65. The smallest absolute Gasteiger partial charge is 0.320 e. The molecule has 0 bridgehead atoms. The second kappa shape index (κ2) is 8.96. The first-order valence-electron chi connectivity index (χ1n) is 7.11. The van der Waals surface area contributed by atoms with Crippen LogP contribution in [0.5, 0.6) is 5.75 Å². The van der Waals surface area contributed by atoms with Crippen molar-refractivity contribution < 1.29 is 19.4 Å². The van der Waals surface area contributed by atoms with Crippen LogP contribution in [-0.4, -0.2) is 48.1 Å². The first-order chi connectivity index (χ1) is 10.5. The number of nitrogens with zero attached hydrogens (tertiary/aromatic N) is 1. The number of nitrogens with one attached hydrogen (secondary N) is 1. The molecule has 6 nitrogen and oxygen atoms in total. The molecule has 1 atom stereocenters. The van der Waals surface area contributed by atoms with E-state index in [9.17, 15) is 14.7 Å². The molecular weight excluding hydrogens is 343 g/mol. The highest BCUT2D eigenvalue weighted by molar-refractivity contribution is 6.31. The number of rotatable bonds is 5. The minimum absolute atomic E-state index is 0. The molecule has 0 spiro atoms. The van der Waals surface area contributed by atoms with Crippen LogP contribution in [0.1, 0.15) is 19.3 Å². The highest BCUT2D eigenvalue weighted by atomic mass is 35.5. The van der Waals surface area contributed by atoms with E-state index in [1.807, 2.05) is 0 Å². The number of carbonyl (C=O) groups excluding carboxylic acids is 1. The number of carboxylic acids is 1. The van der Waals surface area contributed by atoms with Crippen molar-refractivity contribution in [2.75, 3.05) is 25.5 Å². The van der Waals surface area contributed by atoms with Gasteiger partial charge in [0.2, 0.25) is 5.91 Å². The zero-order chi connectivity index (χ0) is 16.1. The van der Waals surface area contributed by atoms with Crippen molar-refractivity contribution in [3.8, 4) is 5.75 Å². The van der Waals surface area contributed by atoms with Crippen LogP contribution in [0, 0.1) is 0 Å². The monoisotopic (exact) mass is 362 g/mol. The van der Waals surface area contributed by atoms with E-state index < -0.39 is 12.0 Å². The Balaban J connectivity index is 0.00000264. The number of carboxylic acid groups (broad SMARTS) is 1. The standard InChI is InChI=1S/C15H19ClN2O4.ClH/c1-22-13-6-5-10(16)8-11(13)17-14(19)9-18-7-3-2-4-12(18)15(20)21;/h5-6,8,12H,2-4,7,9H2,1H3,(H,17,19)(H,20,21);1H. The van der Waals surface area contributed by atoms with Crippen LogP contribution in [0.3, 0.4) is 0 Å². The normalized spacial score (nSPS) is 17.9. The van der Waals surface area contributed by atoms with Gasteiger partial charge in [-0.15, -0.1) is 12.4 Å². The van der Waals surface area contributed by atoms with Crippen molar-refractivity contribution >= 4 is 41.6 Å². The largest absolute Gasteiger partial charge is 0.495 e. The van der Waals surface area contributed by atoms with Crippen LogP contribution in [0.15, 0.2) is 18.2 Å². The molecule has 0 aromatic heterocycles. The second-order valence-electron chi connectivity index (χ2n) is 5.21. The van der Waals surface area contributed by atoms with Crippen molar-refractivity contribution in [2.24, 2.45) is 0 Å². The molecule has 1 aromatic carbocycles. The minimum atomic E-state index is -0.882. The molecule has 2 N–H and O–H groups in total. The Kier molecular flexibility index (Phi) is 7.61. The molecular formula is C15H20Cl2N2O4. The molecule has 1 heterocycles. The number of anilines is 1. The number of carbonyl (C=O) groups is 2. The summed E-state index contributed by atoms with van der Waals surface area (Å²) in [7, 11) is 1.50. The molecule has 23 heavy (non-hydrogen) atoms. The molecule has 0 radical (unpaired) electrons. The summed E-state index contributed by atoms with van der Waals surface area (Å²) < 4.78 is 5.17. The van der Waals surface area contributed by atoms with Gasteiger partial charge in [0.05, 0.1) is 19.3 Å². The third-order valence-corrected chi connectivity index (χ3v) is 3.92. The zero-order valence-electron chi connectivity index (χ0n) is 12.8. The van der Waals surface area contributed by atoms with Gasteiger partial charge in [-0.05, 0) is 37.6 Å². The summed E-state index contributed by atoms with van der Waals surface area (Å²) in [6, 6.07) is 4.34. The highest BCUT2D eigenvalue weighted by Crippen LogP contribution is 2.27. The van der Waals surface area contributed by atoms with Gasteiger partial charge in [-0.1, -0.05) is 18.0 Å². The molecule has 1 aliphatic rings. The van der Waals surface area contributed by atoms with Crippen LogP contribution in [0.4, 0.5) is 5.69 Å². The zero-order valence-corrected chi connectivity index (χ0v) is 14.3. The SMILES string of the molecule is COc1ccc(Cl)cc1NC(=O)CN1CCCCC1C(=O)O.Cl. The number of piperidine rings is 1. The Hall–Kier alpha value is -1.50. The van der Waals surface area contributed by atoms with Gasteiger partial charge in [-0.25, -0.2) is 0 Å². The fourth-order valence-electron chi connectivity index (χ4n) is 2.61. The first kappa shape index (κ1) is 19.5. The average molecular weight is 363 g/mol. The van der Waals surface area contributed by atoms with Crippen molar-refractivity contribution in [2.45, 2.75) is 25.3 Å². The van der Waals surface area contributed by atoms with Crippen molar-refractivity contribution in [3.05, 3.63) is 23.2 Å². The Morgan fingerprint density at radius 2 is 2.17 bits per heavy atom. The fourth-order valence-corrected chi connectivity index (χ4v) is 2.78. The molecule has 1 amide bonds. The van der Waals surface area contributed by atoms with Gasteiger partial charge >= 0.3 is 5.97 Å². The molecule has 1 fully saturated rings. The molecule has 1 saturated heterocycles. The molecule has 1 aliphatic heterocycles. The van der Waals surface area contributed by atoms with E-state index in [-0.39, 0.29) is 24.9 Å². The lowest BCUT2D eigenvalue weighted by molar-refractivity contribution is -0.145. The van der Waals surface area contributed by atoms with Gasteiger partial charge in [-0.2, -0.15) is 0 Å². The molecule has 2 rings (SSSR count).